The van der Waals surface area contributed by atoms with E-state index in [2.05, 4.69) is 0 Å². The van der Waals surface area contributed by atoms with Crippen LogP contribution in [0.2, 0.25) is 0 Å². The smallest absolute Gasteiger partial charge is 0.135 e. The molecule has 0 spiro atoms. The molecular formula is C44H28O. The van der Waals surface area contributed by atoms with Gasteiger partial charge in [-0.1, -0.05) is 139 Å². The average molecular weight is 580 g/mol. The van der Waals surface area contributed by atoms with Gasteiger partial charge in [-0.05, 0) is 96.4 Å². The topological polar surface area (TPSA) is 13.1 Å². The van der Waals surface area contributed by atoms with Crippen molar-refractivity contribution in [2.75, 3.05) is 0 Å². The molecule has 1 heteroatoms. The highest BCUT2D eigenvalue weighted by Crippen LogP contribution is 2.46. The van der Waals surface area contributed by atoms with Crippen molar-refractivity contribution in [3.8, 4) is 44.5 Å². The summed E-state index contributed by atoms with van der Waals surface area (Å²) in [7, 11) is 0. The number of rotatable bonds is 4. The molecule has 0 bridgehead atoms. The quantitative estimate of drug-likeness (QED) is 0.189. The number of hydrogen-bond acceptors (Lipinski definition) is 1. The first-order valence-corrected chi connectivity index (χ1v) is 14.9. The second-order valence-corrected chi connectivity index (χ2v) is 11.1. The Morgan fingerprint density at radius 1 is 0.356 bits per heavy atom. The fourth-order valence-corrected chi connectivity index (χ4v) is 6.41. The lowest BCUT2D eigenvalue weighted by Gasteiger charge is -2.19. The molecule has 0 aliphatic carbocycles. The van der Waals surface area contributed by atoms with E-state index in [4.69, 9.17) is 7.16 Å². The van der Waals surface area contributed by atoms with E-state index < -0.39 is 12.1 Å². The van der Waals surface area contributed by atoms with Crippen LogP contribution in [-0.4, -0.2) is 0 Å². The van der Waals surface area contributed by atoms with E-state index in [0.717, 1.165) is 21.9 Å². The van der Waals surface area contributed by atoms with Crippen LogP contribution in [0.15, 0.2) is 174 Å². The van der Waals surface area contributed by atoms with Crippen molar-refractivity contribution in [1.29, 1.82) is 0 Å². The van der Waals surface area contributed by atoms with Gasteiger partial charge in [0.2, 0.25) is 0 Å². The van der Waals surface area contributed by atoms with Crippen molar-refractivity contribution in [2.45, 2.75) is 0 Å². The molecule has 0 fully saturated rings. The summed E-state index contributed by atoms with van der Waals surface area (Å²) in [5, 5.41) is 2.78. The number of benzene rings is 8. The molecule has 0 radical (unpaired) electrons. The summed E-state index contributed by atoms with van der Waals surface area (Å²) in [5.41, 5.74) is 6.11. The predicted octanol–water partition coefficient (Wildman–Crippen LogP) is 12.6. The Morgan fingerprint density at radius 2 is 0.933 bits per heavy atom. The van der Waals surface area contributed by atoms with Gasteiger partial charge in [0.25, 0.3) is 0 Å². The first-order chi connectivity index (χ1) is 25.2. The van der Waals surface area contributed by atoms with E-state index in [1.807, 2.05) is 127 Å². The molecule has 45 heavy (non-hydrogen) atoms. The third-order valence-electron chi connectivity index (χ3n) is 8.49. The lowest BCUT2D eigenvalue weighted by atomic mass is 9.84. The second-order valence-electron chi connectivity index (χ2n) is 11.1. The lowest BCUT2D eigenvalue weighted by molar-refractivity contribution is 0.669. The number of hydrogen-bond donors (Lipinski definition) is 0. The monoisotopic (exact) mass is 579 g/mol. The van der Waals surface area contributed by atoms with Gasteiger partial charge in [0, 0.05) is 10.8 Å². The minimum Gasteiger partial charge on any atom is -0.456 e. The SMILES string of the molecule is [2H]c1c([2H])c([2H])c2c(-c3cccc(-c4ccccc4)c3)c3c([2H])c(-c4ccccc4)c([2H])c([2H])c3c(-c3ccc4oc5ccccc5c4c3)c2c1[2H]. The van der Waals surface area contributed by atoms with Crippen LogP contribution >= 0.6 is 0 Å². The normalized spacial score (nSPS) is 13.7. The third kappa shape index (κ3) is 4.24. The van der Waals surface area contributed by atoms with Crippen LogP contribution in [0.5, 0.6) is 0 Å². The van der Waals surface area contributed by atoms with Gasteiger partial charge < -0.3 is 4.42 Å². The second kappa shape index (κ2) is 10.4. The van der Waals surface area contributed by atoms with E-state index >= 15 is 0 Å². The molecule has 9 aromatic rings. The summed E-state index contributed by atoms with van der Waals surface area (Å²) in [6, 6.07) is 38.4. The Morgan fingerprint density at radius 3 is 1.71 bits per heavy atom. The van der Waals surface area contributed by atoms with Gasteiger partial charge in [0.15, 0.2) is 0 Å². The summed E-state index contributed by atoms with van der Waals surface area (Å²) in [6.45, 7) is 0. The van der Waals surface area contributed by atoms with Crippen molar-refractivity contribution in [1.82, 2.24) is 0 Å². The van der Waals surface area contributed by atoms with E-state index in [-0.39, 0.29) is 51.9 Å². The largest absolute Gasteiger partial charge is 0.456 e. The first-order valence-electron chi connectivity index (χ1n) is 18.4. The minimum atomic E-state index is -0.401. The Balaban J connectivity index is 1.54. The number of para-hydroxylation sites is 1. The summed E-state index contributed by atoms with van der Waals surface area (Å²) in [6.07, 6.45) is 0. The predicted molar refractivity (Wildman–Crippen MR) is 190 cm³/mol. The van der Waals surface area contributed by atoms with Gasteiger partial charge in [-0.3, -0.25) is 0 Å². The van der Waals surface area contributed by atoms with E-state index in [0.29, 0.717) is 44.4 Å². The van der Waals surface area contributed by atoms with Crippen molar-refractivity contribution in [3.05, 3.63) is 170 Å². The molecule has 210 valence electrons. The van der Waals surface area contributed by atoms with Crippen LogP contribution < -0.4 is 0 Å². The first kappa shape index (κ1) is 19.4. The van der Waals surface area contributed by atoms with Crippen molar-refractivity contribution in [3.63, 3.8) is 0 Å². The molecular weight excluding hydrogens is 544 g/mol. The minimum absolute atomic E-state index is 0.00714. The maximum atomic E-state index is 9.88. The van der Waals surface area contributed by atoms with Crippen LogP contribution in [-0.2, 0) is 0 Å². The zero-order valence-corrected chi connectivity index (χ0v) is 24.0. The zero-order chi connectivity index (χ0) is 35.8. The molecule has 0 saturated heterocycles. The van der Waals surface area contributed by atoms with Crippen molar-refractivity contribution in [2.24, 2.45) is 0 Å². The highest BCUT2D eigenvalue weighted by atomic mass is 16.3. The van der Waals surface area contributed by atoms with Gasteiger partial charge in [0.05, 0.1) is 9.60 Å². The van der Waals surface area contributed by atoms with Gasteiger partial charge in [0.1, 0.15) is 11.2 Å². The van der Waals surface area contributed by atoms with Crippen LogP contribution in [0.4, 0.5) is 0 Å². The standard InChI is InChI=1S/C44H28O/c1-3-12-29(13-4-1)31-16-11-17-33(26-31)44-37-20-8-7-19-36(37)43(38-24-22-32(27-40(38)44)30-14-5-2-6-15-30)34-23-25-42-39(28-34)35-18-9-10-21-41(35)45-42/h1-28H/i7D,8D,19D,20D,22D,24D,27D. The van der Waals surface area contributed by atoms with Crippen LogP contribution in [0.3, 0.4) is 0 Å². The molecule has 1 aromatic heterocycles. The summed E-state index contributed by atoms with van der Waals surface area (Å²) < 4.78 is 71.5. The van der Waals surface area contributed by atoms with Gasteiger partial charge in [-0.2, -0.15) is 0 Å². The Kier molecular flexibility index (Phi) is 4.46. The summed E-state index contributed by atoms with van der Waals surface area (Å²) >= 11 is 0. The van der Waals surface area contributed by atoms with E-state index in [1.165, 1.54) is 0 Å². The summed E-state index contributed by atoms with van der Waals surface area (Å²) in [5.74, 6) is 0. The van der Waals surface area contributed by atoms with Gasteiger partial charge in [-0.25, -0.2) is 0 Å². The fraction of sp³-hybridized carbons (Fsp3) is 0. The maximum Gasteiger partial charge on any atom is 0.135 e. The van der Waals surface area contributed by atoms with Crippen molar-refractivity contribution < 1.29 is 14.0 Å². The average Bonchev–Trinajstić information content (AvgIpc) is 3.56. The Labute approximate surface area is 271 Å². The molecule has 0 amide bonds. The molecule has 0 unspecified atom stereocenters. The Bertz CT molecular complexity index is 2920. The molecule has 0 aliphatic rings. The van der Waals surface area contributed by atoms with Crippen LogP contribution in [0, 0.1) is 0 Å². The molecule has 0 saturated carbocycles. The molecule has 8 aromatic carbocycles. The highest BCUT2D eigenvalue weighted by Gasteiger charge is 2.19. The number of fused-ring (bicyclic) bond motifs is 5. The molecule has 1 heterocycles. The maximum absolute atomic E-state index is 9.88. The number of furan rings is 1. The summed E-state index contributed by atoms with van der Waals surface area (Å²) in [4.78, 5) is 0. The van der Waals surface area contributed by atoms with E-state index in [1.54, 1.807) is 0 Å². The molecule has 0 aliphatic heterocycles. The Hall–Kier alpha value is -5.92. The zero-order valence-electron chi connectivity index (χ0n) is 31.0. The van der Waals surface area contributed by atoms with Gasteiger partial charge in [-0.15, -0.1) is 0 Å². The van der Waals surface area contributed by atoms with E-state index in [9.17, 15) is 6.85 Å². The molecule has 0 atom stereocenters. The molecule has 1 nitrogen and oxygen atoms in total. The van der Waals surface area contributed by atoms with Gasteiger partial charge >= 0.3 is 0 Å². The molecule has 0 N–H and O–H groups in total. The van der Waals surface area contributed by atoms with Crippen LogP contribution in [0.25, 0.3) is 88.0 Å². The van der Waals surface area contributed by atoms with Crippen LogP contribution in [0.1, 0.15) is 9.60 Å². The molecule has 9 rings (SSSR count). The third-order valence-corrected chi connectivity index (χ3v) is 8.49. The fourth-order valence-electron chi connectivity index (χ4n) is 6.41. The lowest BCUT2D eigenvalue weighted by Crippen LogP contribution is -1.92. The highest BCUT2D eigenvalue weighted by molar-refractivity contribution is 6.22. The van der Waals surface area contributed by atoms with Crippen molar-refractivity contribution >= 4 is 43.5 Å².